The van der Waals surface area contributed by atoms with Gasteiger partial charge in [-0.3, -0.25) is 4.79 Å². The lowest BCUT2D eigenvalue weighted by Crippen LogP contribution is -2.22. The Morgan fingerprint density at radius 1 is 1.15 bits per heavy atom. The summed E-state index contributed by atoms with van der Waals surface area (Å²) in [6.45, 7) is 4.33. The van der Waals surface area contributed by atoms with Crippen molar-refractivity contribution in [2.24, 2.45) is 0 Å². The molecule has 0 aliphatic rings. The van der Waals surface area contributed by atoms with Gasteiger partial charge in [0.15, 0.2) is 5.82 Å². The van der Waals surface area contributed by atoms with Crippen LogP contribution >= 0.6 is 11.6 Å². The lowest BCUT2D eigenvalue weighted by Gasteiger charge is -2.02. The van der Waals surface area contributed by atoms with E-state index in [1.165, 1.54) is 15.7 Å². The average molecular weight is 370 g/mol. The molecule has 0 aliphatic carbocycles. The van der Waals surface area contributed by atoms with Gasteiger partial charge in [0.1, 0.15) is 11.4 Å². The van der Waals surface area contributed by atoms with Crippen LogP contribution in [0.5, 0.6) is 0 Å². The van der Waals surface area contributed by atoms with Crippen LogP contribution in [0.25, 0.3) is 16.8 Å². The molecule has 0 saturated carbocycles. The van der Waals surface area contributed by atoms with Crippen molar-refractivity contribution in [1.29, 1.82) is 0 Å². The van der Waals surface area contributed by atoms with Gasteiger partial charge in [0.25, 0.3) is 5.56 Å². The summed E-state index contributed by atoms with van der Waals surface area (Å²) in [5.74, 6) is 0.876. The average Bonchev–Trinajstić information content (AvgIpc) is 3.27. The molecule has 3 aromatic heterocycles. The molecule has 7 nitrogen and oxygen atoms in total. The van der Waals surface area contributed by atoms with Gasteiger partial charge in [0.05, 0.1) is 12.2 Å². The van der Waals surface area contributed by atoms with Gasteiger partial charge in [-0.2, -0.15) is 10.1 Å². The number of hydrogen-bond donors (Lipinski definition) is 0. The second kappa shape index (κ2) is 6.42. The number of nitrogens with zero attached hydrogens (tertiary/aromatic N) is 5. The van der Waals surface area contributed by atoms with Crippen molar-refractivity contribution < 1.29 is 4.52 Å². The number of aryl methyl sites for hydroxylation is 2. The van der Waals surface area contributed by atoms with E-state index < -0.39 is 0 Å². The third kappa shape index (κ3) is 2.90. The van der Waals surface area contributed by atoms with Gasteiger partial charge in [0.2, 0.25) is 5.89 Å². The van der Waals surface area contributed by atoms with Gasteiger partial charge in [-0.15, -0.1) is 11.6 Å². The summed E-state index contributed by atoms with van der Waals surface area (Å²) in [4.78, 5) is 16.9. The molecule has 8 heteroatoms. The predicted molar refractivity (Wildman–Crippen MR) is 97.3 cm³/mol. The Morgan fingerprint density at radius 3 is 2.73 bits per heavy atom. The Kier molecular flexibility index (Phi) is 4.08. The molecule has 0 saturated heterocycles. The zero-order chi connectivity index (χ0) is 18.3. The number of hydrogen-bond acceptors (Lipinski definition) is 5. The molecule has 1 aromatic carbocycles. The SMILES string of the molecule is Cc1ccc(-c2cc3c(=O)n(Cc4noc(CCl)n4)ccn3n2)cc1C. The van der Waals surface area contributed by atoms with Gasteiger partial charge >= 0.3 is 0 Å². The number of fused-ring (bicyclic) bond motifs is 1. The van der Waals surface area contributed by atoms with Crippen LogP contribution in [0.4, 0.5) is 0 Å². The minimum atomic E-state index is -0.174. The van der Waals surface area contributed by atoms with E-state index in [-0.39, 0.29) is 18.0 Å². The lowest BCUT2D eigenvalue weighted by atomic mass is 10.0. The predicted octanol–water partition coefficient (Wildman–Crippen LogP) is 2.95. The standard InChI is InChI=1S/C18H16ClN5O2/c1-11-3-4-13(7-12(11)2)14-8-15-18(25)23(5-6-24(15)21-14)10-16-20-17(9-19)26-22-16/h3-8H,9-10H2,1-2H3. The molecular weight excluding hydrogens is 354 g/mol. The Hall–Kier alpha value is -2.93. The van der Waals surface area contributed by atoms with E-state index in [1.54, 1.807) is 23.0 Å². The summed E-state index contributed by atoms with van der Waals surface area (Å²) >= 11 is 5.66. The fourth-order valence-corrected chi connectivity index (χ4v) is 2.86. The number of alkyl halides is 1. The van der Waals surface area contributed by atoms with Crippen molar-refractivity contribution in [3.63, 3.8) is 0 Å². The molecule has 26 heavy (non-hydrogen) atoms. The molecule has 0 N–H and O–H groups in total. The molecule has 3 heterocycles. The van der Waals surface area contributed by atoms with E-state index in [0.717, 1.165) is 11.3 Å². The molecule has 4 rings (SSSR count). The third-order valence-corrected chi connectivity index (χ3v) is 4.57. The summed E-state index contributed by atoms with van der Waals surface area (Å²) in [6, 6.07) is 7.93. The van der Waals surface area contributed by atoms with Crippen LogP contribution in [0, 0.1) is 13.8 Å². The molecule has 0 fully saturated rings. The van der Waals surface area contributed by atoms with Crippen LogP contribution in [0.2, 0.25) is 0 Å². The monoisotopic (exact) mass is 369 g/mol. The highest BCUT2D eigenvalue weighted by Crippen LogP contribution is 2.21. The minimum absolute atomic E-state index is 0.142. The van der Waals surface area contributed by atoms with E-state index >= 15 is 0 Å². The van der Waals surface area contributed by atoms with Crippen molar-refractivity contribution in [2.75, 3.05) is 0 Å². The minimum Gasteiger partial charge on any atom is -0.338 e. The van der Waals surface area contributed by atoms with Crippen LogP contribution in [0.1, 0.15) is 22.8 Å². The van der Waals surface area contributed by atoms with Gasteiger partial charge < -0.3 is 9.09 Å². The van der Waals surface area contributed by atoms with Crippen LogP contribution in [0.3, 0.4) is 0 Å². The normalized spacial score (nSPS) is 11.3. The molecular formula is C18H16ClN5O2. The first kappa shape index (κ1) is 16.5. The Labute approximate surface area is 153 Å². The van der Waals surface area contributed by atoms with E-state index in [1.807, 2.05) is 6.07 Å². The Bertz CT molecular complexity index is 1160. The second-order valence-electron chi connectivity index (χ2n) is 6.13. The molecule has 132 valence electrons. The summed E-state index contributed by atoms with van der Waals surface area (Å²) < 4.78 is 8.08. The van der Waals surface area contributed by atoms with Gasteiger partial charge in [-0.1, -0.05) is 17.3 Å². The third-order valence-electron chi connectivity index (χ3n) is 4.34. The molecule has 0 unspecified atom stereocenters. The van der Waals surface area contributed by atoms with Crippen LogP contribution in [-0.4, -0.2) is 24.3 Å². The molecule has 4 aromatic rings. The zero-order valence-electron chi connectivity index (χ0n) is 14.3. The van der Waals surface area contributed by atoms with Crippen molar-refractivity contribution in [1.82, 2.24) is 24.3 Å². The summed E-state index contributed by atoms with van der Waals surface area (Å²) in [5.41, 5.74) is 4.45. The van der Waals surface area contributed by atoms with E-state index in [4.69, 9.17) is 16.1 Å². The fourth-order valence-electron chi connectivity index (χ4n) is 2.75. The number of aromatic nitrogens is 5. The topological polar surface area (TPSA) is 78.2 Å². The van der Waals surface area contributed by atoms with E-state index in [9.17, 15) is 4.79 Å². The van der Waals surface area contributed by atoms with Crippen molar-refractivity contribution >= 4 is 17.1 Å². The second-order valence-corrected chi connectivity index (χ2v) is 6.39. The Morgan fingerprint density at radius 2 is 2.00 bits per heavy atom. The largest absolute Gasteiger partial charge is 0.338 e. The maximum Gasteiger partial charge on any atom is 0.277 e. The molecule has 0 atom stereocenters. The number of rotatable bonds is 4. The van der Waals surface area contributed by atoms with E-state index in [0.29, 0.717) is 17.2 Å². The first-order valence-corrected chi connectivity index (χ1v) is 8.62. The molecule has 0 radical (unpaired) electrons. The molecule has 0 spiro atoms. The smallest absolute Gasteiger partial charge is 0.277 e. The Balaban J connectivity index is 1.73. The molecule has 0 bridgehead atoms. The van der Waals surface area contributed by atoms with Gasteiger partial charge in [-0.05, 0) is 37.1 Å². The molecule has 0 aliphatic heterocycles. The maximum atomic E-state index is 12.8. The molecule has 0 amide bonds. The van der Waals surface area contributed by atoms with E-state index in [2.05, 4.69) is 41.2 Å². The van der Waals surface area contributed by atoms with Gasteiger partial charge in [0, 0.05) is 18.0 Å². The first-order valence-electron chi connectivity index (χ1n) is 8.09. The quantitative estimate of drug-likeness (QED) is 0.517. The van der Waals surface area contributed by atoms with Crippen LogP contribution < -0.4 is 5.56 Å². The lowest BCUT2D eigenvalue weighted by molar-refractivity contribution is 0.382. The number of halogens is 1. The highest BCUT2D eigenvalue weighted by molar-refractivity contribution is 6.16. The highest BCUT2D eigenvalue weighted by atomic mass is 35.5. The van der Waals surface area contributed by atoms with Crippen LogP contribution in [-0.2, 0) is 12.4 Å². The van der Waals surface area contributed by atoms with Crippen LogP contribution in [0.15, 0.2) is 46.0 Å². The van der Waals surface area contributed by atoms with Crippen molar-refractivity contribution in [3.05, 3.63) is 69.9 Å². The van der Waals surface area contributed by atoms with Gasteiger partial charge in [-0.25, -0.2) is 4.52 Å². The number of benzene rings is 1. The van der Waals surface area contributed by atoms with Crippen molar-refractivity contribution in [3.8, 4) is 11.3 Å². The maximum absolute atomic E-state index is 12.8. The van der Waals surface area contributed by atoms with Crippen molar-refractivity contribution in [2.45, 2.75) is 26.3 Å². The summed E-state index contributed by atoms with van der Waals surface area (Å²) in [7, 11) is 0. The summed E-state index contributed by atoms with van der Waals surface area (Å²) in [6.07, 6.45) is 3.40. The first-order chi connectivity index (χ1) is 12.5. The zero-order valence-corrected chi connectivity index (χ0v) is 15.1. The summed E-state index contributed by atoms with van der Waals surface area (Å²) in [5, 5.41) is 8.34. The highest BCUT2D eigenvalue weighted by Gasteiger charge is 2.12. The fraction of sp³-hybridized carbons (Fsp3) is 0.222.